The molecule has 1 atom stereocenters. The predicted octanol–water partition coefficient (Wildman–Crippen LogP) is 2.76. The number of hydrogen-bond acceptors (Lipinski definition) is 7. The number of pyridine rings is 1. The largest absolute Gasteiger partial charge is 0.357 e. The van der Waals surface area contributed by atoms with Crippen molar-refractivity contribution in [2.24, 2.45) is 0 Å². The molecule has 8 heteroatoms. The molecule has 0 saturated carbocycles. The van der Waals surface area contributed by atoms with Crippen LogP contribution in [-0.2, 0) is 9.84 Å². The Hall–Kier alpha value is -1.96. The van der Waals surface area contributed by atoms with Gasteiger partial charge in [-0.05, 0) is 44.2 Å². The normalized spacial score (nSPS) is 23.5. The lowest BCUT2D eigenvalue weighted by molar-refractivity contribution is 0.364. The van der Waals surface area contributed by atoms with Gasteiger partial charge in [-0.15, -0.1) is 0 Å². The van der Waals surface area contributed by atoms with E-state index in [-0.39, 0.29) is 11.6 Å². The molecule has 4 heterocycles. The molecule has 0 aliphatic carbocycles. The van der Waals surface area contributed by atoms with Crippen LogP contribution >= 0.6 is 0 Å². The van der Waals surface area contributed by atoms with Gasteiger partial charge < -0.3 is 9.42 Å². The van der Waals surface area contributed by atoms with Gasteiger partial charge in [-0.2, -0.15) is 4.98 Å². The van der Waals surface area contributed by atoms with Gasteiger partial charge in [0.1, 0.15) is 11.1 Å². The molecule has 0 spiro atoms. The maximum Gasteiger partial charge on any atom is 0.245 e. The summed E-state index contributed by atoms with van der Waals surface area (Å²) in [6.45, 7) is 2.02. The minimum absolute atomic E-state index is 0.198. The highest BCUT2D eigenvalue weighted by Gasteiger charge is 2.34. The minimum atomic E-state index is -3.19. The monoisotopic (exact) mass is 362 g/mol. The van der Waals surface area contributed by atoms with Crippen LogP contribution in [0.2, 0.25) is 0 Å². The molecule has 0 aromatic carbocycles. The van der Waals surface area contributed by atoms with Crippen LogP contribution in [0.1, 0.15) is 49.7 Å². The Morgan fingerprint density at radius 1 is 1.12 bits per heavy atom. The van der Waals surface area contributed by atoms with E-state index in [0.717, 1.165) is 30.9 Å². The van der Waals surface area contributed by atoms with E-state index in [0.29, 0.717) is 18.7 Å². The molecular formula is C17H22N4O3S. The first-order valence-electron chi connectivity index (χ1n) is 8.90. The van der Waals surface area contributed by atoms with Crippen molar-refractivity contribution in [3.63, 3.8) is 0 Å². The van der Waals surface area contributed by atoms with Crippen LogP contribution in [0.3, 0.4) is 0 Å². The summed E-state index contributed by atoms with van der Waals surface area (Å²) in [6.07, 6.45) is 7.50. The van der Waals surface area contributed by atoms with E-state index in [1.54, 1.807) is 6.20 Å². The van der Waals surface area contributed by atoms with Crippen LogP contribution in [0.15, 0.2) is 22.9 Å². The zero-order valence-electron chi connectivity index (χ0n) is 14.1. The van der Waals surface area contributed by atoms with E-state index in [1.807, 2.05) is 12.1 Å². The standard InChI is InChI=1S/C17H22N4O3S/c22-25(23)11-5-2-6-14(25)17-19-16(20-24-17)13-7-8-18-15(12-13)21-9-3-1-4-10-21/h7-8,12,14H,1-6,9-11H2/t14-/m1/s1. The van der Waals surface area contributed by atoms with Crippen molar-refractivity contribution in [1.82, 2.24) is 15.1 Å². The van der Waals surface area contributed by atoms with Crippen molar-refractivity contribution >= 4 is 15.7 Å². The second-order valence-electron chi connectivity index (χ2n) is 6.76. The molecule has 7 nitrogen and oxygen atoms in total. The molecule has 2 aromatic rings. The Morgan fingerprint density at radius 2 is 1.96 bits per heavy atom. The zero-order valence-corrected chi connectivity index (χ0v) is 14.9. The van der Waals surface area contributed by atoms with Gasteiger partial charge in [-0.1, -0.05) is 11.6 Å². The van der Waals surface area contributed by atoms with E-state index in [9.17, 15) is 8.42 Å². The van der Waals surface area contributed by atoms with Crippen molar-refractivity contribution in [2.75, 3.05) is 23.7 Å². The lowest BCUT2D eigenvalue weighted by Gasteiger charge is -2.27. The van der Waals surface area contributed by atoms with Gasteiger partial charge in [0.2, 0.25) is 11.7 Å². The summed E-state index contributed by atoms with van der Waals surface area (Å²) in [5.41, 5.74) is 0.804. The second-order valence-corrected chi connectivity index (χ2v) is 9.06. The number of sulfone groups is 1. The van der Waals surface area contributed by atoms with Crippen LogP contribution in [0.25, 0.3) is 11.4 Å². The fourth-order valence-electron chi connectivity index (χ4n) is 3.57. The van der Waals surface area contributed by atoms with Gasteiger partial charge in [-0.3, -0.25) is 0 Å². The quantitative estimate of drug-likeness (QED) is 0.829. The van der Waals surface area contributed by atoms with Gasteiger partial charge in [0, 0.05) is 24.8 Å². The van der Waals surface area contributed by atoms with E-state index in [1.165, 1.54) is 19.3 Å². The SMILES string of the molecule is O=S1(=O)CCCC[C@@H]1c1nc(-c2ccnc(N3CCCCC3)c2)no1. The predicted molar refractivity (Wildman–Crippen MR) is 94.0 cm³/mol. The maximum atomic E-state index is 12.2. The molecule has 2 aliphatic heterocycles. The first-order valence-corrected chi connectivity index (χ1v) is 10.6. The molecule has 2 aromatic heterocycles. The molecule has 134 valence electrons. The Labute approximate surface area is 147 Å². The van der Waals surface area contributed by atoms with Gasteiger partial charge in [0.25, 0.3) is 0 Å². The van der Waals surface area contributed by atoms with Gasteiger partial charge in [0.05, 0.1) is 5.75 Å². The molecule has 0 bridgehead atoms. The first kappa shape index (κ1) is 16.5. The molecule has 4 rings (SSSR count). The number of anilines is 1. The number of nitrogens with zero attached hydrogens (tertiary/aromatic N) is 4. The molecule has 25 heavy (non-hydrogen) atoms. The number of hydrogen-bond donors (Lipinski definition) is 0. The summed E-state index contributed by atoms with van der Waals surface area (Å²) >= 11 is 0. The van der Waals surface area contributed by atoms with Crippen molar-refractivity contribution in [2.45, 2.75) is 43.8 Å². The lowest BCUT2D eigenvalue weighted by atomic mass is 10.1. The third-order valence-corrected chi connectivity index (χ3v) is 7.14. The summed E-state index contributed by atoms with van der Waals surface area (Å²) in [6, 6.07) is 3.78. The van der Waals surface area contributed by atoms with E-state index in [2.05, 4.69) is 20.0 Å². The summed E-state index contributed by atoms with van der Waals surface area (Å²) in [4.78, 5) is 11.1. The Kier molecular flexibility index (Phi) is 4.45. The second kappa shape index (κ2) is 6.74. The number of aromatic nitrogens is 3. The van der Waals surface area contributed by atoms with Crippen LogP contribution in [0.4, 0.5) is 5.82 Å². The topological polar surface area (TPSA) is 89.2 Å². The summed E-state index contributed by atoms with van der Waals surface area (Å²) in [7, 11) is -3.19. The Balaban J connectivity index is 1.60. The van der Waals surface area contributed by atoms with Crippen molar-refractivity contribution in [3.8, 4) is 11.4 Å². The van der Waals surface area contributed by atoms with E-state index < -0.39 is 15.1 Å². The third-order valence-electron chi connectivity index (χ3n) is 4.98. The molecular weight excluding hydrogens is 340 g/mol. The Bertz CT molecular complexity index is 843. The van der Waals surface area contributed by atoms with Crippen molar-refractivity contribution in [1.29, 1.82) is 0 Å². The molecule has 0 unspecified atom stereocenters. The first-order chi connectivity index (χ1) is 12.1. The fraction of sp³-hybridized carbons (Fsp3) is 0.588. The molecule has 2 aliphatic rings. The molecule has 2 fully saturated rings. The molecule has 0 N–H and O–H groups in total. The summed E-state index contributed by atoms with van der Waals surface area (Å²) in [5, 5.41) is 3.36. The zero-order chi connectivity index (χ0) is 17.3. The fourth-order valence-corrected chi connectivity index (χ4v) is 5.39. The van der Waals surface area contributed by atoms with Crippen LogP contribution in [-0.4, -0.2) is 42.4 Å². The Morgan fingerprint density at radius 3 is 2.76 bits per heavy atom. The van der Waals surface area contributed by atoms with Crippen molar-refractivity contribution in [3.05, 3.63) is 24.2 Å². The molecule has 0 amide bonds. The highest BCUT2D eigenvalue weighted by molar-refractivity contribution is 7.91. The average Bonchev–Trinajstić information content (AvgIpc) is 3.12. The average molecular weight is 362 g/mol. The smallest absolute Gasteiger partial charge is 0.245 e. The summed E-state index contributed by atoms with van der Waals surface area (Å²) < 4.78 is 29.8. The van der Waals surface area contributed by atoms with Crippen LogP contribution < -0.4 is 4.90 Å². The molecule has 2 saturated heterocycles. The lowest BCUT2D eigenvalue weighted by Crippen LogP contribution is -2.30. The maximum absolute atomic E-state index is 12.2. The van der Waals surface area contributed by atoms with Crippen molar-refractivity contribution < 1.29 is 12.9 Å². The van der Waals surface area contributed by atoms with E-state index in [4.69, 9.17) is 4.52 Å². The van der Waals surface area contributed by atoms with Crippen LogP contribution in [0.5, 0.6) is 0 Å². The molecule has 0 radical (unpaired) electrons. The van der Waals surface area contributed by atoms with Gasteiger partial charge in [-0.25, -0.2) is 13.4 Å². The van der Waals surface area contributed by atoms with Gasteiger partial charge in [0.15, 0.2) is 9.84 Å². The summed E-state index contributed by atoms with van der Waals surface area (Å²) in [5.74, 6) is 1.75. The third kappa shape index (κ3) is 3.40. The number of piperidine rings is 1. The highest BCUT2D eigenvalue weighted by atomic mass is 32.2. The minimum Gasteiger partial charge on any atom is -0.357 e. The number of rotatable bonds is 3. The highest BCUT2D eigenvalue weighted by Crippen LogP contribution is 2.33. The van der Waals surface area contributed by atoms with Crippen LogP contribution in [0, 0.1) is 0 Å². The van der Waals surface area contributed by atoms with E-state index >= 15 is 0 Å². The van der Waals surface area contributed by atoms with Gasteiger partial charge >= 0.3 is 0 Å².